The highest BCUT2D eigenvalue weighted by Crippen LogP contribution is 2.21. The summed E-state index contributed by atoms with van der Waals surface area (Å²) in [5, 5.41) is 8.97. The average molecular weight is 161 g/mol. The molecule has 11 heavy (non-hydrogen) atoms. The van der Waals surface area contributed by atoms with E-state index in [1.54, 1.807) is 7.11 Å². The third kappa shape index (κ3) is 2.77. The fourth-order valence-corrected chi connectivity index (χ4v) is 0.887. The Morgan fingerprint density at radius 1 is 1.55 bits per heavy atom. The zero-order chi connectivity index (χ0) is 9.07. The number of aliphatic hydroxyl groups is 1. The van der Waals surface area contributed by atoms with E-state index < -0.39 is 0 Å². The zero-order valence-electron chi connectivity index (χ0n) is 7.79. The van der Waals surface area contributed by atoms with Crippen molar-refractivity contribution >= 4 is 0 Å². The number of rotatable bonds is 4. The van der Waals surface area contributed by atoms with Gasteiger partial charge in [0.25, 0.3) is 0 Å². The van der Waals surface area contributed by atoms with E-state index in [2.05, 4.69) is 0 Å². The lowest BCUT2D eigenvalue weighted by atomic mass is 9.83. The first-order valence-electron chi connectivity index (χ1n) is 3.85. The van der Waals surface area contributed by atoms with Gasteiger partial charge in [-0.15, -0.1) is 0 Å². The maximum absolute atomic E-state index is 8.97. The lowest BCUT2D eigenvalue weighted by Gasteiger charge is -2.32. The lowest BCUT2D eigenvalue weighted by Crippen LogP contribution is -2.47. The van der Waals surface area contributed by atoms with E-state index >= 15 is 0 Å². The molecule has 3 nitrogen and oxygen atoms in total. The second-order valence-electron chi connectivity index (χ2n) is 3.61. The van der Waals surface area contributed by atoms with E-state index in [-0.39, 0.29) is 24.2 Å². The minimum Gasteiger partial charge on any atom is -0.396 e. The van der Waals surface area contributed by atoms with E-state index in [0.29, 0.717) is 0 Å². The van der Waals surface area contributed by atoms with Crippen LogP contribution in [0.3, 0.4) is 0 Å². The van der Waals surface area contributed by atoms with Crippen molar-refractivity contribution in [3.8, 4) is 0 Å². The highest BCUT2D eigenvalue weighted by atomic mass is 16.5. The Labute approximate surface area is 68.5 Å². The number of aliphatic hydroxyl groups excluding tert-OH is 1. The number of hydrogen-bond acceptors (Lipinski definition) is 3. The van der Waals surface area contributed by atoms with Crippen LogP contribution in [0.15, 0.2) is 0 Å². The molecule has 0 bridgehead atoms. The minimum atomic E-state index is -0.268. The van der Waals surface area contributed by atoms with Gasteiger partial charge in [-0.3, -0.25) is 0 Å². The molecule has 0 aromatic carbocycles. The highest BCUT2D eigenvalue weighted by molar-refractivity contribution is 4.84. The SMILES string of the molecule is COC(C)C(N)C(C)(C)CO. The lowest BCUT2D eigenvalue weighted by molar-refractivity contribution is 0.0275. The van der Waals surface area contributed by atoms with Crippen LogP contribution in [0.2, 0.25) is 0 Å². The van der Waals surface area contributed by atoms with Crippen molar-refractivity contribution in [1.82, 2.24) is 0 Å². The fraction of sp³-hybridized carbons (Fsp3) is 1.00. The predicted molar refractivity (Wildman–Crippen MR) is 45.3 cm³/mol. The van der Waals surface area contributed by atoms with E-state index in [1.807, 2.05) is 20.8 Å². The summed E-state index contributed by atoms with van der Waals surface area (Å²) in [7, 11) is 1.62. The van der Waals surface area contributed by atoms with Crippen molar-refractivity contribution in [2.45, 2.75) is 32.9 Å². The van der Waals surface area contributed by atoms with Crippen molar-refractivity contribution in [1.29, 1.82) is 0 Å². The van der Waals surface area contributed by atoms with Crippen LogP contribution in [-0.2, 0) is 4.74 Å². The molecule has 0 saturated heterocycles. The Morgan fingerprint density at radius 3 is 2.27 bits per heavy atom. The molecule has 68 valence electrons. The predicted octanol–water partition coefficient (Wildman–Crippen LogP) is 0.367. The van der Waals surface area contributed by atoms with Gasteiger partial charge >= 0.3 is 0 Å². The van der Waals surface area contributed by atoms with Gasteiger partial charge < -0.3 is 15.6 Å². The van der Waals surface area contributed by atoms with Gasteiger partial charge in [0, 0.05) is 25.2 Å². The number of nitrogens with two attached hydrogens (primary N) is 1. The van der Waals surface area contributed by atoms with Crippen molar-refractivity contribution in [3.05, 3.63) is 0 Å². The van der Waals surface area contributed by atoms with Gasteiger partial charge in [0.1, 0.15) is 0 Å². The standard InChI is InChI=1S/C8H19NO2/c1-6(11-4)7(9)8(2,3)5-10/h6-7,10H,5,9H2,1-4H3. The topological polar surface area (TPSA) is 55.5 Å². The van der Waals surface area contributed by atoms with Gasteiger partial charge in [0.15, 0.2) is 0 Å². The van der Waals surface area contributed by atoms with Crippen LogP contribution in [-0.4, -0.2) is 31.0 Å². The highest BCUT2D eigenvalue weighted by Gasteiger charge is 2.29. The molecular formula is C8H19NO2. The number of methoxy groups -OCH3 is 1. The Bertz CT molecular complexity index is 115. The van der Waals surface area contributed by atoms with Gasteiger partial charge in [0.2, 0.25) is 0 Å². The molecule has 3 N–H and O–H groups in total. The molecule has 0 aromatic rings. The van der Waals surface area contributed by atoms with E-state index in [4.69, 9.17) is 15.6 Å². The molecular weight excluding hydrogens is 142 g/mol. The second kappa shape index (κ2) is 4.04. The molecule has 0 amide bonds. The van der Waals surface area contributed by atoms with Crippen molar-refractivity contribution in [2.24, 2.45) is 11.1 Å². The largest absolute Gasteiger partial charge is 0.396 e. The Kier molecular flexibility index (Phi) is 4.00. The van der Waals surface area contributed by atoms with Gasteiger partial charge in [-0.25, -0.2) is 0 Å². The summed E-state index contributed by atoms with van der Waals surface area (Å²) < 4.78 is 5.06. The fourth-order valence-electron chi connectivity index (χ4n) is 0.887. The number of ether oxygens (including phenoxy) is 1. The molecule has 2 unspecified atom stereocenters. The van der Waals surface area contributed by atoms with E-state index in [1.165, 1.54) is 0 Å². The van der Waals surface area contributed by atoms with Crippen LogP contribution in [0.4, 0.5) is 0 Å². The smallest absolute Gasteiger partial charge is 0.0700 e. The van der Waals surface area contributed by atoms with Crippen molar-refractivity contribution in [3.63, 3.8) is 0 Å². The summed E-state index contributed by atoms with van der Waals surface area (Å²) in [5.74, 6) is 0. The minimum absolute atomic E-state index is 0.0165. The number of hydrogen-bond donors (Lipinski definition) is 2. The molecule has 0 aromatic heterocycles. The monoisotopic (exact) mass is 161 g/mol. The molecule has 3 heteroatoms. The summed E-state index contributed by atoms with van der Waals surface area (Å²) in [4.78, 5) is 0. The van der Waals surface area contributed by atoms with Crippen LogP contribution in [0.25, 0.3) is 0 Å². The van der Waals surface area contributed by atoms with Crippen molar-refractivity contribution in [2.75, 3.05) is 13.7 Å². The van der Waals surface area contributed by atoms with Crippen LogP contribution < -0.4 is 5.73 Å². The summed E-state index contributed by atoms with van der Waals surface area (Å²) in [6, 6.07) is -0.127. The summed E-state index contributed by atoms with van der Waals surface area (Å²) in [6.07, 6.45) is -0.0165. The average Bonchev–Trinajstić information content (AvgIpc) is 2.01. The maximum atomic E-state index is 8.97. The summed E-state index contributed by atoms with van der Waals surface area (Å²) >= 11 is 0. The Hall–Kier alpha value is -0.120. The first kappa shape index (κ1) is 10.9. The third-order valence-corrected chi connectivity index (χ3v) is 2.19. The first-order chi connectivity index (χ1) is 4.95. The summed E-state index contributed by atoms with van der Waals surface area (Å²) in [5.41, 5.74) is 5.56. The molecule has 0 spiro atoms. The molecule has 0 radical (unpaired) electrons. The maximum Gasteiger partial charge on any atom is 0.0700 e. The molecule has 0 aliphatic rings. The zero-order valence-corrected chi connectivity index (χ0v) is 7.79. The molecule has 0 heterocycles. The Balaban J connectivity index is 4.10. The second-order valence-corrected chi connectivity index (χ2v) is 3.61. The quantitative estimate of drug-likeness (QED) is 0.626. The van der Waals surface area contributed by atoms with Crippen LogP contribution in [0, 0.1) is 5.41 Å². The molecule has 0 aliphatic carbocycles. The normalized spacial score (nSPS) is 18.0. The van der Waals surface area contributed by atoms with Gasteiger partial charge in [-0.2, -0.15) is 0 Å². The third-order valence-electron chi connectivity index (χ3n) is 2.19. The van der Waals surface area contributed by atoms with Crippen LogP contribution in [0.5, 0.6) is 0 Å². The molecule has 2 atom stereocenters. The molecule has 0 fully saturated rings. The van der Waals surface area contributed by atoms with Gasteiger partial charge in [-0.1, -0.05) is 13.8 Å². The Morgan fingerprint density at radius 2 is 2.00 bits per heavy atom. The van der Waals surface area contributed by atoms with Crippen LogP contribution in [0.1, 0.15) is 20.8 Å². The van der Waals surface area contributed by atoms with E-state index in [9.17, 15) is 0 Å². The molecule has 0 rings (SSSR count). The summed E-state index contributed by atoms with van der Waals surface area (Å²) in [6.45, 7) is 5.84. The first-order valence-corrected chi connectivity index (χ1v) is 3.85. The van der Waals surface area contributed by atoms with Gasteiger partial charge in [-0.05, 0) is 6.92 Å². The van der Waals surface area contributed by atoms with Crippen molar-refractivity contribution < 1.29 is 9.84 Å². The molecule has 0 saturated carbocycles. The van der Waals surface area contributed by atoms with Gasteiger partial charge in [0.05, 0.1) is 6.10 Å². The molecule has 0 aliphatic heterocycles. The van der Waals surface area contributed by atoms with E-state index in [0.717, 1.165) is 0 Å². The van der Waals surface area contributed by atoms with Crippen LogP contribution >= 0.6 is 0 Å².